The topological polar surface area (TPSA) is 104 Å². The van der Waals surface area contributed by atoms with Crippen molar-refractivity contribution in [2.75, 3.05) is 31.5 Å². The Bertz CT molecular complexity index is 880. The molecular formula is C20H25N5O2. The lowest BCUT2D eigenvalue weighted by molar-refractivity contribution is -0.117. The lowest BCUT2D eigenvalue weighted by Crippen LogP contribution is -2.40. The van der Waals surface area contributed by atoms with Crippen LogP contribution in [0, 0.1) is 5.92 Å². The van der Waals surface area contributed by atoms with E-state index in [1.165, 1.54) is 0 Å². The van der Waals surface area contributed by atoms with Crippen molar-refractivity contribution in [3.05, 3.63) is 35.0 Å². The Labute approximate surface area is 158 Å². The number of hydrogen-bond donors (Lipinski definition) is 3. The molecule has 1 aliphatic carbocycles. The van der Waals surface area contributed by atoms with Gasteiger partial charge in [0, 0.05) is 11.3 Å². The van der Waals surface area contributed by atoms with Crippen molar-refractivity contribution in [3.8, 4) is 11.3 Å². The number of piperidine rings is 1. The monoisotopic (exact) mass is 367 g/mol. The zero-order valence-corrected chi connectivity index (χ0v) is 15.5. The molecule has 1 aromatic carbocycles. The summed E-state index contributed by atoms with van der Waals surface area (Å²) < 4.78 is 0. The average molecular weight is 367 g/mol. The van der Waals surface area contributed by atoms with Gasteiger partial charge >= 0.3 is 0 Å². The molecule has 0 atom stereocenters. The summed E-state index contributed by atoms with van der Waals surface area (Å²) in [6, 6.07) is 5.52. The number of ketones is 1. The first-order valence-corrected chi connectivity index (χ1v) is 9.60. The summed E-state index contributed by atoms with van der Waals surface area (Å²) in [6.07, 6.45) is 2.77. The van der Waals surface area contributed by atoms with Gasteiger partial charge in [-0.1, -0.05) is 19.1 Å². The number of likely N-dealkylation sites (tertiary alicyclic amines) is 1. The van der Waals surface area contributed by atoms with Crippen molar-refractivity contribution in [2.45, 2.75) is 26.2 Å². The van der Waals surface area contributed by atoms with Gasteiger partial charge in [0.15, 0.2) is 5.78 Å². The molecule has 142 valence electrons. The van der Waals surface area contributed by atoms with Gasteiger partial charge in [0.2, 0.25) is 5.91 Å². The molecule has 7 heteroatoms. The second kappa shape index (κ2) is 7.25. The number of H-pyrrole nitrogens is 1. The highest BCUT2D eigenvalue weighted by atomic mass is 16.2. The quantitative estimate of drug-likeness (QED) is 0.638. The highest BCUT2D eigenvalue weighted by molar-refractivity contribution is 6.25. The maximum Gasteiger partial charge on any atom is 0.238 e. The van der Waals surface area contributed by atoms with Gasteiger partial charge in [-0.3, -0.25) is 19.6 Å². The second-order valence-electron chi connectivity index (χ2n) is 7.34. The van der Waals surface area contributed by atoms with Crippen LogP contribution in [0.5, 0.6) is 0 Å². The van der Waals surface area contributed by atoms with Crippen LogP contribution < -0.4 is 11.1 Å². The van der Waals surface area contributed by atoms with Crippen LogP contribution in [0.15, 0.2) is 18.2 Å². The third kappa shape index (κ3) is 3.17. The van der Waals surface area contributed by atoms with E-state index < -0.39 is 0 Å². The first-order chi connectivity index (χ1) is 13.1. The summed E-state index contributed by atoms with van der Waals surface area (Å²) >= 11 is 0. The molecule has 2 aromatic rings. The predicted molar refractivity (Wildman–Crippen MR) is 104 cm³/mol. The summed E-state index contributed by atoms with van der Waals surface area (Å²) in [7, 11) is 0. The molecular weight excluding hydrogens is 342 g/mol. The highest BCUT2D eigenvalue weighted by Crippen LogP contribution is 2.40. The first kappa shape index (κ1) is 17.9. The molecule has 2 heterocycles. The minimum absolute atomic E-state index is 0.0646. The number of aryl methyl sites for hydroxylation is 1. The lowest BCUT2D eigenvalue weighted by Gasteiger charge is -2.30. The number of fused-ring (bicyclic) bond motifs is 3. The van der Waals surface area contributed by atoms with Crippen LogP contribution in [0.4, 0.5) is 5.69 Å². The van der Waals surface area contributed by atoms with Crippen LogP contribution >= 0.6 is 0 Å². The molecule has 1 fully saturated rings. The minimum atomic E-state index is -0.0933. The molecule has 4 N–H and O–H groups in total. The Morgan fingerprint density at radius 2 is 2.11 bits per heavy atom. The van der Waals surface area contributed by atoms with Gasteiger partial charge < -0.3 is 11.1 Å². The van der Waals surface area contributed by atoms with Gasteiger partial charge in [0.05, 0.1) is 23.4 Å². The Balaban J connectivity index is 1.49. The molecule has 2 aliphatic rings. The molecule has 0 spiro atoms. The fourth-order valence-corrected chi connectivity index (χ4v) is 4.07. The largest absolute Gasteiger partial charge is 0.330 e. The van der Waals surface area contributed by atoms with E-state index >= 15 is 0 Å². The summed E-state index contributed by atoms with van der Waals surface area (Å²) in [5, 5.41) is 10.2. The van der Waals surface area contributed by atoms with E-state index in [9.17, 15) is 9.59 Å². The van der Waals surface area contributed by atoms with E-state index in [4.69, 9.17) is 5.73 Å². The van der Waals surface area contributed by atoms with E-state index in [0.29, 0.717) is 47.9 Å². The molecule has 27 heavy (non-hydrogen) atoms. The van der Waals surface area contributed by atoms with Crippen LogP contribution in [-0.4, -0.2) is 53.0 Å². The molecule has 0 saturated carbocycles. The number of benzene rings is 1. The molecule has 0 radical (unpaired) electrons. The van der Waals surface area contributed by atoms with Crippen LogP contribution in [0.2, 0.25) is 0 Å². The van der Waals surface area contributed by atoms with Crippen molar-refractivity contribution in [1.29, 1.82) is 0 Å². The zero-order chi connectivity index (χ0) is 19.0. The van der Waals surface area contributed by atoms with Gasteiger partial charge in [0.1, 0.15) is 5.69 Å². The van der Waals surface area contributed by atoms with Gasteiger partial charge in [-0.05, 0) is 50.9 Å². The predicted octanol–water partition coefficient (Wildman–Crippen LogP) is 1.79. The van der Waals surface area contributed by atoms with E-state index in [2.05, 4.69) is 20.4 Å². The van der Waals surface area contributed by atoms with E-state index in [1.54, 1.807) is 6.07 Å². The summed E-state index contributed by atoms with van der Waals surface area (Å²) in [6.45, 7) is 4.81. The van der Waals surface area contributed by atoms with Crippen molar-refractivity contribution in [2.24, 2.45) is 11.7 Å². The van der Waals surface area contributed by atoms with E-state index in [0.717, 1.165) is 37.2 Å². The number of hydrogen-bond acceptors (Lipinski definition) is 5. The van der Waals surface area contributed by atoms with Crippen molar-refractivity contribution in [1.82, 2.24) is 15.1 Å². The molecule has 1 amide bonds. The van der Waals surface area contributed by atoms with Crippen molar-refractivity contribution in [3.63, 3.8) is 0 Å². The molecule has 0 bridgehead atoms. The number of aromatic amines is 1. The van der Waals surface area contributed by atoms with Crippen LogP contribution in [0.1, 0.15) is 41.4 Å². The van der Waals surface area contributed by atoms with Crippen molar-refractivity contribution >= 4 is 17.4 Å². The molecule has 4 rings (SSSR count). The number of carbonyl (C=O) groups excluding carboxylic acids is 2. The summed E-state index contributed by atoms with van der Waals surface area (Å²) in [5.41, 5.74) is 9.79. The maximum absolute atomic E-state index is 13.0. The van der Waals surface area contributed by atoms with Crippen LogP contribution in [0.3, 0.4) is 0 Å². The molecule has 1 saturated heterocycles. The number of nitrogens with two attached hydrogens (primary N) is 1. The number of nitrogens with one attached hydrogen (secondary N) is 2. The standard InChI is InChI=1S/C20H25N5O2/c1-2-14-18-19(24-23-14)13-4-3-5-15(17(13)20(18)27)22-16(26)11-25-8-6-12(10-21)7-9-25/h3-5,12H,2,6-11,21H2,1H3,(H,22,26)(H,23,24). The number of nitrogens with zero attached hydrogens (tertiary/aromatic N) is 2. The molecule has 7 nitrogen and oxygen atoms in total. The number of carbonyl (C=O) groups is 2. The molecule has 0 unspecified atom stereocenters. The third-order valence-electron chi connectivity index (χ3n) is 5.65. The van der Waals surface area contributed by atoms with E-state index in [-0.39, 0.29) is 11.7 Å². The molecule has 1 aliphatic heterocycles. The normalized spacial score (nSPS) is 17.0. The first-order valence-electron chi connectivity index (χ1n) is 9.60. The number of rotatable bonds is 5. The van der Waals surface area contributed by atoms with Crippen LogP contribution in [0.25, 0.3) is 11.3 Å². The van der Waals surface area contributed by atoms with Crippen molar-refractivity contribution < 1.29 is 9.59 Å². The number of amides is 1. The zero-order valence-electron chi connectivity index (χ0n) is 15.5. The highest BCUT2D eigenvalue weighted by Gasteiger charge is 2.34. The fourth-order valence-electron chi connectivity index (χ4n) is 4.07. The average Bonchev–Trinajstić information content (AvgIpc) is 3.23. The SMILES string of the molecule is CCc1[nH]nc2c1C(=O)c1c(NC(=O)CN3CCC(CN)CC3)cccc1-2. The maximum atomic E-state index is 13.0. The van der Waals surface area contributed by atoms with Gasteiger partial charge in [-0.15, -0.1) is 0 Å². The summed E-state index contributed by atoms with van der Waals surface area (Å²) in [4.78, 5) is 27.7. The van der Waals surface area contributed by atoms with Gasteiger partial charge in [-0.2, -0.15) is 5.10 Å². The number of anilines is 1. The fraction of sp³-hybridized carbons (Fsp3) is 0.450. The Morgan fingerprint density at radius 1 is 1.33 bits per heavy atom. The number of aromatic nitrogens is 2. The van der Waals surface area contributed by atoms with Gasteiger partial charge in [0.25, 0.3) is 0 Å². The summed E-state index contributed by atoms with van der Waals surface area (Å²) in [5.74, 6) is 0.406. The Hall–Kier alpha value is -2.51. The van der Waals surface area contributed by atoms with E-state index in [1.807, 2.05) is 19.1 Å². The van der Waals surface area contributed by atoms with Crippen LogP contribution in [-0.2, 0) is 11.2 Å². The lowest BCUT2D eigenvalue weighted by atomic mass is 9.97. The smallest absolute Gasteiger partial charge is 0.238 e. The Kier molecular flexibility index (Phi) is 4.80. The minimum Gasteiger partial charge on any atom is -0.330 e. The third-order valence-corrected chi connectivity index (χ3v) is 5.65. The molecule has 1 aromatic heterocycles. The Morgan fingerprint density at radius 3 is 2.81 bits per heavy atom. The van der Waals surface area contributed by atoms with Gasteiger partial charge in [-0.25, -0.2) is 0 Å². The second-order valence-corrected chi connectivity index (χ2v) is 7.34.